The Kier molecular flexibility index (Phi) is 3.76. The van der Waals surface area contributed by atoms with Gasteiger partial charge in [-0.15, -0.1) is 16.7 Å². The van der Waals surface area contributed by atoms with E-state index in [0.29, 0.717) is 5.88 Å². The molecule has 1 aromatic heterocycles. The minimum atomic E-state index is -0.245. The van der Waals surface area contributed by atoms with Gasteiger partial charge in [0, 0.05) is 23.9 Å². The predicted molar refractivity (Wildman–Crippen MR) is 86.2 cm³/mol. The molecule has 0 amide bonds. The van der Waals surface area contributed by atoms with Crippen molar-refractivity contribution in [2.75, 3.05) is 23.9 Å². The van der Waals surface area contributed by atoms with E-state index in [1.54, 1.807) is 0 Å². The lowest BCUT2D eigenvalue weighted by molar-refractivity contribution is -0.0736. The highest BCUT2D eigenvalue weighted by atomic mass is 35.5. The van der Waals surface area contributed by atoms with Gasteiger partial charge in [-0.2, -0.15) is 5.10 Å². The fraction of sp³-hybridized carbons (Fsp3) is 0.500. The van der Waals surface area contributed by atoms with Crippen molar-refractivity contribution in [3.63, 3.8) is 0 Å². The Morgan fingerprint density at radius 1 is 1.29 bits per heavy atom. The van der Waals surface area contributed by atoms with Gasteiger partial charge in [0.1, 0.15) is 0 Å². The summed E-state index contributed by atoms with van der Waals surface area (Å²) in [5.41, 5.74) is 0.710. The van der Waals surface area contributed by atoms with Crippen LogP contribution < -0.4 is 4.90 Å². The van der Waals surface area contributed by atoms with Gasteiger partial charge in [0.25, 0.3) is 0 Å². The second-order valence-corrected chi connectivity index (χ2v) is 6.50. The molecule has 21 heavy (non-hydrogen) atoms. The molecule has 1 atom stereocenters. The molecule has 112 valence electrons. The van der Waals surface area contributed by atoms with Gasteiger partial charge in [0.2, 0.25) is 0 Å². The average molecular weight is 306 g/mol. The molecule has 2 heterocycles. The number of rotatable bonds is 2. The van der Waals surface area contributed by atoms with Crippen LogP contribution >= 0.6 is 11.6 Å². The summed E-state index contributed by atoms with van der Waals surface area (Å²) in [6.45, 7) is 7.69. The van der Waals surface area contributed by atoms with Crippen molar-refractivity contribution in [1.82, 2.24) is 10.2 Å². The molecule has 5 heteroatoms. The average Bonchev–Trinajstić information content (AvgIpc) is 2.46. The van der Waals surface area contributed by atoms with Crippen molar-refractivity contribution in [1.29, 1.82) is 0 Å². The highest BCUT2D eigenvalue weighted by Crippen LogP contribution is 2.30. The summed E-state index contributed by atoms with van der Waals surface area (Å²) in [5, 5.41) is 11.0. The summed E-state index contributed by atoms with van der Waals surface area (Å²) in [6, 6.07) is 8.27. The summed E-state index contributed by atoms with van der Waals surface area (Å²) in [7, 11) is 0. The van der Waals surface area contributed by atoms with Crippen LogP contribution in [-0.2, 0) is 4.74 Å². The Bertz CT molecular complexity index is 659. The third-order valence-corrected chi connectivity index (χ3v) is 4.15. The lowest BCUT2D eigenvalue weighted by atomic mass is 10.0. The first-order chi connectivity index (χ1) is 10.00. The topological polar surface area (TPSA) is 38.2 Å². The van der Waals surface area contributed by atoms with Crippen LogP contribution in [0.2, 0.25) is 0 Å². The van der Waals surface area contributed by atoms with E-state index in [1.165, 1.54) is 0 Å². The largest absolute Gasteiger partial charge is 0.367 e. The lowest BCUT2D eigenvalue weighted by Gasteiger charge is -2.43. The summed E-state index contributed by atoms with van der Waals surface area (Å²) in [4.78, 5) is 2.24. The summed E-state index contributed by atoms with van der Waals surface area (Å²) < 4.78 is 5.99. The molecule has 1 aliphatic rings. The number of aromatic nitrogens is 2. The van der Waals surface area contributed by atoms with Gasteiger partial charge in [-0.1, -0.05) is 24.3 Å². The summed E-state index contributed by atoms with van der Waals surface area (Å²) in [6.07, 6.45) is 0.0114. The Hall–Kier alpha value is -1.39. The van der Waals surface area contributed by atoms with Crippen molar-refractivity contribution < 1.29 is 4.74 Å². The van der Waals surface area contributed by atoms with Crippen LogP contribution in [0.4, 0.5) is 5.82 Å². The molecule has 0 N–H and O–H groups in total. The smallest absolute Gasteiger partial charge is 0.159 e. The number of halogens is 1. The Labute approximate surface area is 130 Å². The van der Waals surface area contributed by atoms with E-state index in [2.05, 4.69) is 41.1 Å². The van der Waals surface area contributed by atoms with Crippen LogP contribution in [0.15, 0.2) is 24.3 Å². The molecule has 1 aliphatic heterocycles. The maximum atomic E-state index is 6.02. The number of ether oxygens (including phenoxy) is 1. The molecule has 0 bridgehead atoms. The number of benzene rings is 1. The number of morpholine rings is 1. The second-order valence-electron chi connectivity index (χ2n) is 6.19. The fourth-order valence-electron chi connectivity index (χ4n) is 2.99. The van der Waals surface area contributed by atoms with Crippen LogP contribution in [0.3, 0.4) is 0 Å². The summed E-state index contributed by atoms with van der Waals surface area (Å²) >= 11 is 6.02. The van der Waals surface area contributed by atoms with E-state index < -0.39 is 0 Å². The molecule has 1 fully saturated rings. The van der Waals surface area contributed by atoms with Crippen LogP contribution in [-0.4, -0.2) is 40.9 Å². The first-order valence-corrected chi connectivity index (χ1v) is 7.74. The van der Waals surface area contributed by atoms with Crippen LogP contribution in [0, 0.1) is 6.92 Å². The number of hydrogen-bond donors (Lipinski definition) is 0. The monoisotopic (exact) mass is 305 g/mol. The molecule has 1 unspecified atom stereocenters. The van der Waals surface area contributed by atoms with Crippen LogP contribution in [0.25, 0.3) is 10.8 Å². The minimum absolute atomic E-state index is 0.0114. The number of aryl methyl sites for hydroxylation is 1. The van der Waals surface area contributed by atoms with Crippen molar-refractivity contribution in [3.05, 3.63) is 30.0 Å². The van der Waals surface area contributed by atoms with E-state index in [9.17, 15) is 0 Å². The van der Waals surface area contributed by atoms with E-state index >= 15 is 0 Å². The highest BCUT2D eigenvalue weighted by molar-refractivity contribution is 6.18. The molecule has 1 aromatic carbocycles. The third-order valence-electron chi connectivity index (χ3n) is 3.81. The van der Waals surface area contributed by atoms with E-state index in [1.807, 2.05) is 19.1 Å². The van der Waals surface area contributed by atoms with Gasteiger partial charge in [-0.3, -0.25) is 0 Å². The maximum absolute atomic E-state index is 6.02. The lowest BCUT2D eigenvalue weighted by Crippen LogP contribution is -2.53. The number of hydrogen-bond acceptors (Lipinski definition) is 4. The Morgan fingerprint density at radius 3 is 2.71 bits per heavy atom. The van der Waals surface area contributed by atoms with Crippen LogP contribution in [0.5, 0.6) is 0 Å². The molecule has 0 saturated carbocycles. The highest BCUT2D eigenvalue weighted by Gasteiger charge is 2.34. The van der Waals surface area contributed by atoms with Crippen molar-refractivity contribution in [3.8, 4) is 0 Å². The summed E-state index contributed by atoms with van der Waals surface area (Å²) in [5.74, 6) is 1.40. The molecular formula is C16H20ClN3O. The van der Waals surface area contributed by atoms with Crippen LogP contribution in [0.1, 0.15) is 19.5 Å². The molecule has 0 aliphatic carbocycles. The number of anilines is 1. The third kappa shape index (κ3) is 2.83. The second kappa shape index (κ2) is 5.43. The van der Waals surface area contributed by atoms with E-state index in [-0.39, 0.29) is 11.7 Å². The molecule has 1 saturated heterocycles. The van der Waals surface area contributed by atoms with Gasteiger partial charge in [0.05, 0.1) is 23.3 Å². The van der Waals surface area contributed by atoms with Crippen molar-refractivity contribution in [2.24, 2.45) is 0 Å². The van der Waals surface area contributed by atoms with Crippen molar-refractivity contribution in [2.45, 2.75) is 32.5 Å². The van der Waals surface area contributed by atoms with Gasteiger partial charge in [-0.05, 0) is 20.8 Å². The fourth-order valence-corrected chi connectivity index (χ4v) is 3.16. The normalized spacial score (nSPS) is 21.7. The number of nitrogens with zero attached hydrogens (tertiary/aromatic N) is 3. The molecular weight excluding hydrogens is 286 g/mol. The first kappa shape index (κ1) is 14.5. The number of fused-ring (bicyclic) bond motifs is 1. The molecule has 3 rings (SSSR count). The molecule has 4 nitrogen and oxygen atoms in total. The molecule has 2 aromatic rings. The Morgan fingerprint density at radius 2 is 2.00 bits per heavy atom. The van der Waals surface area contributed by atoms with Gasteiger partial charge in [-0.25, -0.2) is 0 Å². The molecule has 0 radical (unpaired) electrons. The maximum Gasteiger partial charge on any atom is 0.159 e. The zero-order valence-electron chi connectivity index (χ0n) is 12.6. The van der Waals surface area contributed by atoms with Gasteiger partial charge >= 0.3 is 0 Å². The van der Waals surface area contributed by atoms with Gasteiger partial charge in [0.15, 0.2) is 5.82 Å². The molecule has 0 spiro atoms. The first-order valence-electron chi connectivity index (χ1n) is 7.21. The zero-order valence-corrected chi connectivity index (χ0v) is 13.4. The van der Waals surface area contributed by atoms with E-state index in [4.69, 9.17) is 16.3 Å². The van der Waals surface area contributed by atoms with E-state index in [0.717, 1.165) is 35.4 Å². The van der Waals surface area contributed by atoms with Gasteiger partial charge < -0.3 is 9.64 Å². The zero-order chi connectivity index (χ0) is 15.0. The van der Waals surface area contributed by atoms with Crippen molar-refractivity contribution >= 4 is 28.2 Å². The number of alkyl halides is 1. The minimum Gasteiger partial charge on any atom is -0.367 e. The predicted octanol–water partition coefficient (Wildman–Crippen LogP) is 3.16. The SMILES string of the molecule is Cc1nnc(N2CC(CCl)OC(C)(C)C2)c2ccccc12. The quantitative estimate of drug-likeness (QED) is 0.799. The Balaban J connectivity index is 2.05. The standard InChI is InChI=1S/C16H20ClN3O/c1-11-13-6-4-5-7-14(13)15(19-18-11)20-9-12(8-17)21-16(2,3)10-20/h4-7,12H,8-10H2,1-3H3.